The zero-order valence-electron chi connectivity index (χ0n) is 22.0. The number of hydrogen-bond acceptors (Lipinski definition) is 7. The van der Waals surface area contributed by atoms with Gasteiger partial charge in [0.25, 0.3) is 11.8 Å². The van der Waals surface area contributed by atoms with Crippen molar-refractivity contribution in [3.8, 4) is 23.0 Å². The van der Waals surface area contributed by atoms with E-state index in [1.54, 1.807) is 48.5 Å². The molecular formula is C29H30ClN3O6. The van der Waals surface area contributed by atoms with Crippen LogP contribution >= 0.6 is 11.6 Å². The maximum absolute atomic E-state index is 12.6. The van der Waals surface area contributed by atoms with Crippen molar-refractivity contribution in [3.05, 3.63) is 89.0 Å². The Bertz CT molecular complexity index is 1340. The van der Waals surface area contributed by atoms with Crippen LogP contribution < -0.4 is 29.7 Å². The van der Waals surface area contributed by atoms with Gasteiger partial charge in [0.05, 0.1) is 25.0 Å². The van der Waals surface area contributed by atoms with Gasteiger partial charge in [0.2, 0.25) is 0 Å². The van der Waals surface area contributed by atoms with Gasteiger partial charge in [-0.05, 0) is 61.9 Å². The van der Waals surface area contributed by atoms with Crippen molar-refractivity contribution in [3.63, 3.8) is 0 Å². The van der Waals surface area contributed by atoms with E-state index in [9.17, 15) is 9.59 Å². The molecule has 3 aromatic carbocycles. The van der Waals surface area contributed by atoms with Crippen molar-refractivity contribution in [2.24, 2.45) is 5.10 Å². The minimum Gasteiger partial charge on any atom is -0.493 e. The predicted molar refractivity (Wildman–Crippen MR) is 152 cm³/mol. The van der Waals surface area contributed by atoms with Crippen LogP contribution in [0.5, 0.6) is 23.0 Å². The summed E-state index contributed by atoms with van der Waals surface area (Å²) < 4.78 is 22.1. The maximum atomic E-state index is 12.6. The minimum atomic E-state index is -0.444. The maximum Gasteiger partial charge on any atom is 0.271 e. The average molecular weight is 552 g/mol. The van der Waals surface area contributed by atoms with Gasteiger partial charge in [-0.1, -0.05) is 42.0 Å². The summed E-state index contributed by atoms with van der Waals surface area (Å²) >= 11 is 6.39. The molecule has 10 heteroatoms. The molecule has 0 aliphatic heterocycles. The first-order valence-corrected chi connectivity index (χ1v) is 12.4. The highest BCUT2D eigenvalue weighted by Crippen LogP contribution is 2.36. The van der Waals surface area contributed by atoms with Crippen molar-refractivity contribution < 1.29 is 28.5 Å². The second-order valence-electron chi connectivity index (χ2n) is 8.13. The van der Waals surface area contributed by atoms with Gasteiger partial charge in [0.1, 0.15) is 6.61 Å². The van der Waals surface area contributed by atoms with Crippen LogP contribution in [0.15, 0.2) is 72.4 Å². The summed E-state index contributed by atoms with van der Waals surface area (Å²) in [4.78, 5) is 24.9. The fourth-order valence-corrected chi connectivity index (χ4v) is 3.62. The van der Waals surface area contributed by atoms with E-state index in [1.165, 1.54) is 13.3 Å². The first kappa shape index (κ1) is 29.1. The van der Waals surface area contributed by atoms with Crippen LogP contribution in [-0.2, 0) is 4.79 Å². The normalized spacial score (nSPS) is 10.6. The zero-order chi connectivity index (χ0) is 28.2. The summed E-state index contributed by atoms with van der Waals surface area (Å²) in [6.07, 6.45) is 3.03. The summed E-state index contributed by atoms with van der Waals surface area (Å²) in [5.74, 6) is 0.666. The number of carbonyl (C=O) groups excluding carboxylic acids is 2. The number of aryl methyl sites for hydroxylation is 1. The lowest BCUT2D eigenvalue weighted by Crippen LogP contribution is -2.20. The second-order valence-corrected chi connectivity index (χ2v) is 8.54. The number of rotatable bonds is 13. The quantitative estimate of drug-likeness (QED) is 0.167. The van der Waals surface area contributed by atoms with E-state index < -0.39 is 5.91 Å². The van der Waals surface area contributed by atoms with Crippen LogP contribution in [0.2, 0.25) is 5.02 Å². The van der Waals surface area contributed by atoms with Gasteiger partial charge in [-0.3, -0.25) is 9.59 Å². The standard InChI is InChI=1S/C29H30ClN3O6/c1-5-13-38-24-12-9-21(16-25(24)37-6-2)29(35)33-31-17-20-14-23(30)28(26(15-20)36-4)39-18-27(34)32-22-10-7-19(3)8-11-22/h5,7-12,14-17H,1,6,13,18H2,2-4H3,(H,32,34)(H,33,35)/b31-17+. The molecule has 2 N–H and O–H groups in total. The van der Waals surface area contributed by atoms with Gasteiger partial charge < -0.3 is 24.3 Å². The number of carbonyl (C=O) groups is 2. The number of benzene rings is 3. The Morgan fingerprint density at radius 1 is 1.00 bits per heavy atom. The number of nitrogens with zero attached hydrogens (tertiary/aromatic N) is 1. The number of hydrazone groups is 1. The third-order valence-corrected chi connectivity index (χ3v) is 5.46. The molecule has 0 atom stereocenters. The van der Waals surface area contributed by atoms with Gasteiger partial charge >= 0.3 is 0 Å². The van der Waals surface area contributed by atoms with E-state index >= 15 is 0 Å². The van der Waals surface area contributed by atoms with Gasteiger partial charge in [0, 0.05) is 11.3 Å². The molecule has 0 heterocycles. The number of methoxy groups -OCH3 is 1. The monoisotopic (exact) mass is 551 g/mol. The molecule has 2 amide bonds. The average Bonchev–Trinajstić information content (AvgIpc) is 2.92. The second kappa shape index (κ2) is 14.4. The summed E-state index contributed by atoms with van der Waals surface area (Å²) in [5.41, 5.74) is 5.09. The first-order valence-electron chi connectivity index (χ1n) is 12.0. The molecule has 0 saturated carbocycles. The van der Waals surface area contributed by atoms with Crippen molar-refractivity contribution in [2.75, 3.05) is 32.2 Å². The number of halogens is 1. The van der Waals surface area contributed by atoms with E-state index in [0.717, 1.165) is 5.56 Å². The van der Waals surface area contributed by atoms with E-state index in [0.29, 0.717) is 47.3 Å². The molecule has 0 bridgehead atoms. The summed E-state index contributed by atoms with van der Waals surface area (Å²) in [6.45, 7) is 7.88. The van der Waals surface area contributed by atoms with Crippen molar-refractivity contribution in [1.82, 2.24) is 5.43 Å². The molecule has 0 aliphatic carbocycles. The Morgan fingerprint density at radius 3 is 2.46 bits per heavy atom. The van der Waals surface area contributed by atoms with Gasteiger partial charge in [0.15, 0.2) is 29.6 Å². The predicted octanol–water partition coefficient (Wildman–Crippen LogP) is 5.40. The third-order valence-electron chi connectivity index (χ3n) is 5.18. The molecule has 0 radical (unpaired) electrons. The number of hydrogen-bond donors (Lipinski definition) is 2. The third kappa shape index (κ3) is 8.51. The van der Waals surface area contributed by atoms with Crippen LogP contribution in [0.25, 0.3) is 0 Å². The van der Waals surface area contributed by atoms with Gasteiger partial charge in [-0.2, -0.15) is 5.10 Å². The zero-order valence-corrected chi connectivity index (χ0v) is 22.7. The Morgan fingerprint density at radius 2 is 1.77 bits per heavy atom. The van der Waals surface area contributed by atoms with Crippen LogP contribution in [0.4, 0.5) is 5.69 Å². The number of anilines is 1. The highest BCUT2D eigenvalue weighted by Gasteiger charge is 2.15. The molecule has 9 nitrogen and oxygen atoms in total. The molecule has 0 fully saturated rings. The van der Waals surface area contributed by atoms with Crippen molar-refractivity contribution >= 4 is 35.3 Å². The molecule has 0 unspecified atom stereocenters. The molecule has 0 aliphatic rings. The Balaban J connectivity index is 1.63. The number of ether oxygens (including phenoxy) is 4. The summed E-state index contributed by atoms with van der Waals surface area (Å²) in [7, 11) is 1.45. The molecule has 204 valence electrons. The SMILES string of the molecule is C=CCOc1ccc(C(=O)N/N=C/c2cc(Cl)c(OCC(=O)Nc3ccc(C)cc3)c(OC)c2)cc1OCC. The molecular weight excluding hydrogens is 522 g/mol. The van der Waals surface area contributed by atoms with Crippen LogP contribution in [-0.4, -0.2) is 45.0 Å². The lowest BCUT2D eigenvalue weighted by molar-refractivity contribution is -0.118. The Kier molecular flexibility index (Phi) is 10.8. The van der Waals surface area contributed by atoms with Gasteiger partial charge in [-0.25, -0.2) is 5.43 Å². The molecule has 39 heavy (non-hydrogen) atoms. The van der Waals surface area contributed by atoms with Gasteiger partial charge in [-0.15, -0.1) is 0 Å². The van der Waals surface area contributed by atoms with Crippen molar-refractivity contribution in [1.29, 1.82) is 0 Å². The lowest BCUT2D eigenvalue weighted by Gasteiger charge is -2.13. The highest BCUT2D eigenvalue weighted by molar-refractivity contribution is 6.32. The fourth-order valence-electron chi connectivity index (χ4n) is 3.34. The smallest absolute Gasteiger partial charge is 0.271 e. The largest absolute Gasteiger partial charge is 0.493 e. The number of amides is 2. The number of nitrogens with one attached hydrogen (secondary N) is 2. The first-order chi connectivity index (χ1) is 18.8. The minimum absolute atomic E-state index is 0.210. The molecule has 0 spiro atoms. The molecule has 0 saturated heterocycles. The Labute approximate surface area is 232 Å². The Hall–Kier alpha value is -4.50. The summed E-state index contributed by atoms with van der Waals surface area (Å²) in [6, 6.07) is 15.4. The van der Waals surface area contributed by atoms with E-state index in [-0.39, 0.29) is 23.3 Å². The van der Waals surface area contributed by atoms with Crippen LogP contribution in [0.1, 0.15) is 28.4 Å². The van der Waals surface area contributed by atoms with Crippen LogP contribution in [0, 0.1) is 6.92 Å². The molecule has 3 rings (SSSR count). The van der Waals surface area contributed by atoms with E-state index in [1.807, 2.05) is 26.0 Å². The van der Waals surface area contributed by atoms with E-state index in [4.69, 9.17) is 30.5 Å². The molecule has 3 aromatic rings. The molecule has 0 aromatic heterocycles. The highest BCUT2D eigenvalue weighted by atomic mass is 35.5. The summed E-state index contributed by atoms with van der Waals surface area (Å²) in [5, 5.41) is 6.97. The van der Waals surface area contributed by atoms with Crippen molar-refractivity contribution in [2.45, 2.75) is 13.8 Å². The fraction of sp³-hybridized carbons (Fsp3) is 0.207. The van der Waals surface area contributed by atoms with E-state index in [2.05, 4.69) is 22.4 Å². The van der Waals surface area contributed by atoms with Crippen LogP contribution in [0.3, 0.4) is 0 Å². The lowest BCUT2D eigenvalue weighted by atomic mass is 10.2. The topological polar surface area (TPSA) is 107 Å².